The lowest BCUT2D eigenvalue weighted by molar-refractivity contribution is 0.669. The lowest BCUT2D eigenvalue weighted by Gasteiger charge is -2.05. The van der Waals surface area contributed by atoms with E-state index in [2.05, 4.69) is 20.1 Å². The third-order valence-corrected chi connectivity index (χ3v) is 1.92. The van der Waals surface area contributed by atoms with Crippen molar-refractivity contribution in [1.29, 1.82) is 0 Å². The second-order valence-corrected chi connectivity index (χ2v) is 3.33. The number of halogens is 2. The van der Waals surface area contributed by atoms with Crippen molar-refractivity contribution in [2.24, 2.45) is 5.73 Å². The molecular formula is C8H10Cl2N6. The van der Waals surface area contributed by atoms with Gasteiger partial charge in [0.25, 0.3) is 5.95 Å². The number of nitrogens with zero attached hydrogens (tertiary/aromatic N) is 5. The van der Waals surface area contributed by atoms with E-state index in [-0.39, 0.29) is 23.7 Å². The molecular weight excluding hydrogens is 251 g/mol. The average molecular weight is 261 g/mol. The summed E-state index contributed by atoms with van der Waals surface area (Å²) < 4.78 is 1.44. The highest BCUT2D eigenvalue weighted by molar-refractivity contribution is 6.28. The normalized spacial score (nSPS) is 11.9. The topological polar surface area (TPSA) is 82.5 Å². The number of hydrogen-bond acceptors (Lipinski definition) is 5. The van der Waals surface area contributed by atoms with E-state index < -0.39 is 0 Å². The molecule has 8 heteroatoms. The summed E-state index contributed by atoms with van der Waals surface area (Å²) in [6.07, 6.45) is 3.23. The zero-order chi connectivity index (χ0) is 10.8. The molecule has 0 amide bonds. The molecule has 1 atom stereocenters. The first-order valence-electron chi connectivity index (χ1n) is 4.34. The molecule has 0 saturated carbocycles. The summed E-state index contributed by atoms with van der Waals surface area (Å²) in [5.74, 6) is 0.940. The Labute approximate surface area is 103 Å². The van der Waals surface area contributed by atoms with E-state index in [1.165, 1.54) is 4.68 Å². The fourth-order valence-electron chi connectivity index (χ4n) is 1.14. The Balaban J connectivity index is 0.00000128. The summed E-state index contributed by atoms with van der Waals surface area (Å²) in [5, 5.41) is 4.10. The van der Waals surface area contributed by atoms with Crippen LogP contribution in [0.25, 0.3) is 5.95 Å². The minimum Gasteiger partial charge on any atom is -0.322 e. The van der Waals surface area contributed by atoms with Gasteiger partial charge in [-0.1, -0.05) is 0 Å². The number of nitrogens with two attached hydrogens (primary N) is 1. The first-order valence-corrected chi connectivity index (χ1v) is 4.71. The molecule has 0 aliphatic heterocycles. The molecule has 2 N–H and O–H groups in total. The molecule has 0 aromatic carbocycles. The van der Waals surface area contributed by atoms with Crippen LogP contribution in [-0.2, 0) is 0 Å². The maximum atomic E-state index is 5.73. The Morgan fingerprint density at radius 2 is 2.00 bits per heavy atom. The smallest absolute Gasteiger partial charge is 0.252 e. The van der Waals surface area contributed by atoms with Crippen molar-refractivity contribution in [1.82, 2.24) is 24.7 Å². The molecule has 0 aliphatic rings. The van der Waals surface area contributed by atoms with E-state index in [1.807, 2.05) is 0 Å². The van der Waals surface area contributed by atoms with Gasteiger partial charge in [-0.15, -0.1) is 17.5 Å². The summed E-state index contributed by atoms with van der Waals surface area (Å²) in [6, 6.07) is 1.43. The number of hydrogen-bond donors (Lipinski definition) is 1. The Bertz CT molecular complexity index is 455. The second kappa shape index (κ2) is 5.20. The van der Waals surface area contributed by atoms with Crippen LogP contribution in [0.1, 0.15) is 18.8 Å². The van der Waals surface area contributed by atoms with E-state index >= 15 is 0 Å². The van der Waals surface area contributed by atoms with Gasteiger partial charge in [-0.2, -0.15) is 9.67 Å². The van der Waals surface area contributed by atoms with Crippen LogP contribution in [0.2, 0.25) is 5.28 Å². The van der Waals surface area contributed by atoms with Gasteiger partial charge in [0.2, 0.25) is 5.28 Å². The largest absolute Gasteiger partial charge is 0.322 e. The van der Waals surface area contributed by atoms with Gasteiger partial charge in [-0.25, -0.2) is 9.97 Å². The van der Waals surface area contributed by atoms with Gasteiger partial charge < -0.3 is 5.73 Å². The quantitative estimate of drug-likeness (QED) is 0.876. The van der Waals surface area contributed by atoms with Gasteiger partial charge in [0.05, 0.1) is 6.04 Å². The van der Waals surface area contributed by atoms with Crippen LogP contribution in [0.3, 0.4) is 0 Å². The van der Waals surface area contributed by atoms with E-state index in [0.29, 0.717) is 11.8 Å². The Morgan fingerprint density at radius 3 is 2.56 bits per heavy atom. The summed E-state index contributed by atoms with van der Waals surface area (Å²) >= 11 is 5.71. The summed E-state index contributed by atoms with van der Waals surface area (Å²) in [5.41, 5.74) is 5.73. The molecule has 2 rings (SSSR count). The average Bonchev–Trinajstić information content (AvgIpc) is 2.62. The van der Waals surface area contributed by atoms with Gasteiger partial charge in [0.15, 0.2) is 5.82 Å². The van der Waals surface area contributed by atoms with Gasteiger partial charge >= 0.3 is 0 Å². The standard InChI is InChI=1S/C8H9ClN6.ClH/c1-5(10)6-13-7(9)14-15(6)8-11-3-2-4-12-8;/h2-5H,10H2,1H3;1H/t5-;/m0./s1. The van der Waals surface area contributed by atoms with Crippen molar-refractivity contribution in [3.63, 3.8) is 0 Å². The minimum atomic E-state index is -0.284. The molecule has 2 aromatic heterocycles. The monoisotopic (exact) mass is 260 g/mol. The predicted octanol–water partition coefficient (Wildman–Crippen LogP) is 1.15. The van der Waals surface area contributed by atoms with E-state index in [0.717, 1.165) is 0 Å². The maximum absolute atomic E-state index is 5.73. The van der Waals surface area contributed by atoms with E-state index in [1.54, 1.807) is 25.4 Å². The molecule has 2 aromatic rings. The highest BCUT2D eigenvalue weighted by Gasteiger charge is 2.15. The molecule has 0 saturated heterocycles. The maximum Gasteiger partial charge on any atom is 0.252 e. The predicted molar refractivity (Wildman–Crippen MR) is 61.8 cm³/mol. The minimum absolute atomic E-state index is 0. The Morgan fingerprint density at radius 1 is 1.38 bits per heavy atom. The van der Waals surface area contributed by atoms with Crippen molar-refractivity contribution in [2.75, 3.05) is 0 Å². The lowest BCUT2D eigenvalue weighted by Crippen LogP contribution is -2.14. The second-order valence-electron chi connectivity index (χ2n) is 2.99. The van der Waals surface area contributed by atoms with Gasteiger partial charge in [0.1, 0.15) is 0 Å². The Kier molecular flexibility index (Phi) is 4.17. The fourth-order valence-corrected chi connectivity index (χ4v) is 1.30. The van der Waals surface area contributed by atoms with E-state index in [9.17, 15) is 0 Å². The van der Waals surface area contributed by atoms with E-state index in [4.69, 9.17) is 17.3 Å². The molecule has 0 radical (unpaired) electrons. The molecule has 6 nitrogen and oxygen atoms in total. The molecule has 0 bridgehead atoms. The third-order valence-electron chi connectivity index (χ3n) is 1.76. The molecule has 16 heavy (non-hydrogen) atoms. The van der Waals surface area contributed by atoms with Gasteiger partial charge in [-0.05, 0) is 24.6 Å². The molecule has 0 unspecified atom stereocenters. The lowest BCUT2D eigenvalue weighted by atomic mass is 10.3. The van der Waals surface area contributed by atoms with Crippen LogP contribution in [0.15, 0.2) is 18.5 Å². The Hall–Kier alpha value is -1.24. The van der Waals surface area contributed by atoms with Crippen LogP contribution in [-0.4, -0.2) is 24.7 Å². The van der Waals surface area contributed by atoms with Crippen LogP contribution in [0.5, 0.6) is 0 Å². The van der Waals surface area contributed by atoms with Crippen molar-refractivity contribution < 1.29 is 0 Å². The van der Waals surface area contributed by atoms with Crippen molar-refractivity contribution in [3.8, 4) is 5.95 Å². The first-order chi connectivity index (χ1) is 7.18. The van der Waals surface area contributed by atoms with Crippen LogP contribution < -0.4 is 5.73 Å². The zero-order valence-corrected chi connectivity index (χ0v) is 9.98. The fraction of sp³-hybridized carbons (Fsp3) is 0.250. The molecule has 0 spiro atoms. The van der Waals surface area contributed by atoms with Crippen LogP contribution in [0.4, 0.5) is 0 Å². The summed E-state index contributed by atoms with van der Waals surface area (Å²) in [6.45, 7) is 1.79. The van der Waals surface area contributed by atoms with Gasteiger partial charge in [0, 0.05) is 12.4 Å². The van der Waals surface area contributed by atoms with Crippen molar-refractivity contribution in [2.45, 2.75) is 13.0 Å². The van der Waals surface area contributed by atoms with Crippen molar-refractivity contribution in [3.05, 3.63) is 29.6 Å². The molecule has 0 aliphatic carbocycles. The zero-order valence-electron chi connectivity index (χ0n) is 8.41. The molecule has 2 heterocycles. The summed E-state index contributed by atoms with van der Waals surface area (Å²) in [7, 11) is 0. The highest BCUT2D eigenvalue weighted by atomic mass is 35.5. The third kappa shape index (κ3) is 2.46. The van der Waals surface area contributed by atoms with Crippen LogP contribution >= 0.6 is 24.0 Å². The highest BCUT2D eigenvalue weighted by Crippen LogP contribution is 2.13. The number of aromatic nitrogens is 5. The van der Waals surface area contributed by atoms with Crippen molar-refractivity contribution >= 4 is 24.0 Å². The van der Waals surface area contributed by atoms with Gasteiger partial charge in [-0.3, -0.25) is 0 Å². The molecule has 86 valence electrons. The SMILES string of the molecule is C[C@H](N)c1nc(Cl)nn1-c1ncccn1.Cl. The first kappa shape index (κ1) is 12.8. The molecule has 0 fully saturated rings. The van der Waals surface area contributed by atoms with Crippen LogP contribution in [0, 0.1) is 0 Å². The number of rotatable bonds is 2. The summed E-state index contributed by atoms with van der Waals surface area (Å²) in [4.78, 5) is 12.1.